The minimum Gasteiger partial charge on any atom is -0.333 e. The van der Waals surface area contributed by atoms with Crippen LogP contribution >= 0.6 is 11.3 Å². The maximum absolute atomic E-state index is 13.2. The quantitative estimate of drug-likeness (QED) is 0.435. The van der Waals surface area contributed by atoms with E-state index in [1.54, 1.807) is 35.3 Å². The van der Waals surface area contributed by atoms with E-state index in [0.29, 0.717) is 25.1 Å². The zero-order chi connectivity index (χ0) is 19.2. The lowest BCUT2D eigenvalue weighted by molar-refractivity contribution is -0.385. The average molecular weight is 380 g/mol. The molecule has 0 saturated heterocycles. The highest BCUT2D eigenvalue weighted by Crippen LogP contribution is 2.25. The molecular formula is C21H20N2O3S. The Morgan fingerprint density at radius 2 is 1.85 bits per heavy atom. The summed E-state index contributed by atoms with van der Waals surface area (Å²) in [4.78, 5) is 27.0. The van der Waals surface area contributed by atoms with Crippen molar-refractivity contribution in [2.45, 2.75) is 19.9 Å². The Labute approximate surface area is 162 Å². The number of nitrogens with zero attached hydrogens (tertiary/aromatic N) is 2. The van der Waals surface area contributed by atoms with Gasteiger partial charge in [0.05, 0.1) is 11.5 Å². The molecule has 0 atom stereocenters. The van der Waals surface area contributed by atoms with Gasteiger partial charge < -0.3 is 4.90 Å². The van der Waals surface area contributed by atoms with E-state index in [0.717, 1.165) is 10.4 Å². The van der Waals surface area contributed by atoms with E-state index in [4.69, 9.17) is 0 Å². The van der Waals surface area contributed by atoms with Crippen molar-refractivity contribution in [3.05, 3.63) is 97.7 Å². The fraction of sp³-hybridized carbons (Fsp3) is 0.190. The Balaban J connectivity index is 1.89. The van der Waals surface area contributed by atoms with Gasteiger partial charge in [-0.2, -0.15) is 0 Å². The van der Waals surface area contributed by atoms with Gasteiger partial charge in [0.15, 0.2) is 0 Å². The molecular weight excluding hydrogens is 360 g/mol. The molecule has 0 saturated carbocycles. The van der Waals surface area contributed by atoms with Crippen LogP contribution in [-0.4, -0.2) is 22.3 Å². The van der Waals surface area contributed by atoms with Gasteiger partial charge in [0, 0.05) is 17.0 Å². The largest absolute Gasteiger partial charge is 0.333 e. The van der Waals surface area contributed by atoms with Crippen molar-refractivity contribution < 1.29 is 9.72 Å². The van der Waals surface area contributed by atoms with Crippen LogP contribution in [0, 0.1) is 17.0 Å². The normalized spacial score (nSPS) is 10.6. The number of amides is 1. The molecule has 0 radical (unpaired) electrons. The molecule has 1 heterocycles. The van der Waals surface area contributed by atoms with Crippen molar-refractivity contribution in [3.8, 4) is 0 Å². The second-order valence-electron chi connectivity index (χ2n) is 6.27. The summed E-state index contributed by atoms with van der Waals surface area (Å²) in [5.41, 5.74) is 1.65. The number of thiophene rings is 1. The summed E-state index contributed by atoms with van der Waals surface area (Å²) < 4.78 is 0. The molecule has 0 spiro atoms. The minimum absolute atomic E-state index is 0.113. The third-order valence-electron chi connectivity index (χ3n) is 4.38. The van der Waals surface area contributed by atoms with Gasteiger partial charge in [-0.1, -0.05) is 48.5 Å². The number of hydrogen-bond acceptors (Lipinski definition) is 4. The monoisotopic (exact) mass is 380 g/mol. The first kappa shape index (κ1) is 18.8. The molecule has 5 nitrogen and oxygen atoms in total. The van der Waals surface area contributed by atoms with Gasteiger partial charge in [-0.25, -0.2) is 0 Å². The van der Waals surface area contributed by atoms with Crippen molar-refractivity contribution >= 4 is 22.9 Å². The van der Waals surface area contributed by atoms with Crippen molar-refractivity contribution in [1.82, 2.24) is 4.90 Å². The summed E-state index contributed by atoms with van der Waals surface area (Å²) in [7, 11) is 0. The maximum atomic E-state index is 13.2. The van der Waals surface area contributed by atoms with Crippen molar-refractivity contribution in [2.24, 2.45) is 0 Å². The fourth-order valence-electron chi connectivity index (χ4n) is 3.00. The summed E-state index contributed by atoms with van der Waals surface area (Å²) in [5.74, 6) is -0.310. The molecule has 27 heavy (non-hydrogen) atoms. The van der Waals surface area contributed by atoms with E-state index in [1.165, 1.54) is 6.07 Å². The molecule has 3 rings (SSSR count). The van der Waals surface area contributed by atoms with Gasteiger partial charge in [-0.05, 0) is 36.4 Å². The Hall–Kier alpha value is -2.99. The first-order valence-corrected chi connectivity index (χ1v) is 9.54. The third-order valence-corrected chi connectivity index (χ3v) is 5.24. The first-order chi connectivity index (χ1) is 13.1. The van der Waals surface area contributed by atoms with Crippen LogP contribution in [-0.2, 0) is 13.0 Å². The molecule has 0 fully saturated rings. The van der Waals surface area contributed by atoms with Gasteiger partial charge in [-0.15, -0.1) is 11.3 Å². The van der Waals surface area contributed by atoms with Crippen LogP contribution in [0.3, 0.4) is 0 Å². The predicted octanol–water partition coefficient (Wildman–Crippen LogP) is 4.85. The zero-order valence-corrected chi connectivity index (χ0v) is 15.8. The SMILES string of the molecule is Cc1cccc(C(=O)N(CCc2ccccc2)Cc2cccs2)c1[N+](=O)[O-]. The molecule has 1 amide bonds. The topological polar surface area (TPSA) is 63.5 Å². The molecule has 138 valence electrons. The number of carbonyl (C=O) groups excluding carboxylic acids is 1. The van der Waals surface area contributed by atoms with Crippen molar-refractivity contribution in [1.29, 1.82) is 0 Å². The Bertz CT molecular complexity index is 924. The summed E-state index contributed by atoms with van der Waals surface area (Å²) in [6.07, 6.45) is 0.692. The number of benzene rings is 2. The first-order valence-electron chi connectivity index (χ1n) is 8.66. The third kappa shape index (κ3) is 4.60. The van der Waals surface area contributed by atoms with E-state index in [2.05, 4.69) is 0 Å². The van der Waals surface area contributed by atoms with Crippen LogP contribution in [0.25, 0.3) is 0 Å². The molecule has 0 aliphatic rings. The van der Waals surface area contributed by atoms with E-state index < -0.39 is 4.92 Å². The number of rotatable bonds is 7. The minimum atomic E-state index is -0.469. The zero-order valence-electron chi connectivity index (χ0n) is 15.0. The Morgan fingerprint density at radius 1 is 1.07 bits per heavy atom. The second kappa shape index (κ2) is 8.60. The van der Waals surface area contributed by atoms with Crippen LogP contribution in [0.4, 0.5) is 5.69 Å². The molecule has 6 heteroatoms. The Kier molecular flexibility index (Phi) is 5.98. The van der Waals surface area contributed by atoms with E-state index in [-0.39, 0.29) is 17.2 Å². The van der Waals surface area contributed by atoms with Crippen LogP contribution < -0.4 is 0 Å². The number of hydrogen-bond donors (Lipinski definition) is 0. The summed E-state index contributed by atoms with van der Waals surface area (Å²) in [6, 6.07) is 18.7. The smallest absolute Gasteiger partial charge is 0.285 e. The number of carbonyl (C=O) groups is 1. The van der Waals surface area contributed by atoms with Crippen LogP contribution in [0.5, 0.6) is 0 Å². The van der Waals surface area contributed by atoms with E-state index >= 15 is 0 Å². The fourth-order valence-corrected chi connectivity index (χ4v) is 3.72. The molecule has 0 aliphatic heterocycles. The van der Waals surface area contributed by atoms with Gasteiger partial charge >= 0.3 is 0 Å². The highest BCUT2D eigenvalue weighted by atomic mass is 32.1. The van der Waals surface area contributed by atoms with Gasteiger partial charge in [-0.3, -0.25) is 14.9 Å². The summed E-state index contributed by atoms with van der Waals surface area (Å²) in [6.45, 7) is 2.59. The van der Waals surface area contributed by atoms with E-state index in [9.17, 15) is 14.9 Å². The molecule has 0 unspecified atom stereocenters. The number of nitro benzene ring substituents is 1. The van der Waals surface area contributed by atoms with E-state index in [1.807, 2.05) is 47.8 Å². The van der Waals surface area contributed by atoms with Crippen LogP contribution in [0.15, 0.2) is 66.0 Å². The second-order valence-corrected chi connectivity index (χ2v) is 7.30. The van der Waals surface area contributed by atoms with Crippen molar-refractivity contribution in [3.63, 3.8) is 0 Å². The lowest BCUT2D eigenvalue weighted by atomic mass is 10.1. The van der Waals surface area contributed by atoms with Gasteiger partial charge in [0.2, 0.25) is 0 Å². The highest BCUT2D eigenvalue weighted by molar-refractivity contribution is 7.09. The molecule has 0 N–H and O–H groups in total. The van der Waals surface area contributed by atoms with Gasteiger partial charge in [0.25, 0.3) is 11.6 Å². The maximum Gasteiger partial charge on any atom is 0.285 e. The molecule has 2 aromatic carbocycles. The lowest BCUT2D eigenvalue weighted by Gasteiger charge is -2.22. The summed E-state index contributed by atoms with van der Waals surface area (Å²) >= 11 is 1.57. The standard InChI is InChI=1S/C21H20N2O3S/c1-16-7-5-11-19(20(16)23(25)26)21(24)22(15-18-10-6-14-27-18)13-12-17-8-3-2-4-9-17/h2-11,14H,12-13,15H2,1H3. The number of para-hydroxylation sites is 1. The lowest BCUT2D eigenvalue weighted by Crippen LogP contribution is -2.32. The summed E-state index contributed by atoms with van der Waals surface area (Å²) in [5, 5.41) is 13.5. The van der Waals surface area contributed by atoms with Crippen LogP contribution in [0.1, 0.15) is 26.4 Å². The van der Waals surface area contributed by atoms with Crippen LogP contribution in [0.2, 0.25) is 0 Å². The number of aryl methyl sites for hydroxylation is 1. The van der Waals surface area contributed by atoms with Gasteiger partial charge in [0.1, 0.15) is 5.56 Å². The highest BCUT2D eigenvalue weighted by Gasteiger charge is 2.26. The van der Waals surface area contributed by atoms with Crippen molar-refractivity contribution in [2.75, 3.05) is 6.54 Å². The molecule has 0 bridgehead atoms. The Morgan fingerprint density at radius 3 is 2.52 bits per heavy atom. The average Bonchev–Trinajstić information content (AvgIpc) is 3.18. The predicted molar refractivity (Wildman–Crippen MR) is 107 cm³/mol. The molecule has 0 aliphatic carbocycles. The molecule has 1 aromatic heterocycles. The molecule has 3 aromatic rings. The number of nitro groups is 1.